The predicted octanol–water partition coefficient (Wildman–Crippen LogP) is 0.541. The summed E-state index contributed by atoms with van der Waals surface area (Å²) in [6, 6.07) is 4.76. The number of benzene rings is 1. The summed E-state index contributed by atoms with van der Waals surface area (Å²) in [7, 11) is 4.19. The predicted molar refractivity (Wildman–Crippen MR) is 127 cm³/mol. The van der Waals surface area contributed by atoms with Crippen molar-refractivity contribution in [1.82, 2.24) is 15.5 Å². The van der Waals surface area contributed by atoms with Gasteiger partial charge in [0.1, 0.15) is 6.04 Å². The number of carbonyl (C=O) groups is 5. The van der Waals surface area contributed by atoms with E-state index in [9.17, 15) is 24.0 Å². The highest BCUT2D eigenvalue weighted by Crippen LogP contribution is 2.23. The van der Waals surface area contributed by atoms with Gasteiger partial charge in [-0.2, -0.15) is 0 Å². The first-order chi connectivity index (χ1) is 15.8. The number of carbonyl (C=O) groups excluding carboxylic acids is 4. The van der Waals surface area contributed by atoms with Crippen molar-refractivity contribution >= 4 is 55.4 Å². The first-order valence-electron chi connectivity index (χ1n) is 10.4. The van der Waals surface area contributed by atoms with E-state index in [2.05, 4.69) is 35.6 Å². The fraction of sp³-hybridized carbons (Fsp3) is 0.476. The van der Waals surface area contributed by atoms with Crippen molar-refractivity contribution in [2.75, 3.05) is 18.4 Å². The molecule has 1 unspecified atom stereocenters. The summed E-state index contributed by atoms with van der Waals surface area (Å²) in [6.07, 6.45) is 2.18. The van der Waals surface area contributed by atoms with Gasteiger partial charge in [0.15, 0.2) is 7.12 Å². The fourth-order valence-electron chi connectivity index (χ4n) is 3.35. The van der Waals surface area contributed by atoms with Gasteiger partial charge in [0.2, 0.25) is 24.1 Å². The summed E-state index contributed by atoms with van der Waals surface area (Å²) in [5.74, 6) is -1.94. The minimum atomic E-state index is -0.860. The first-order valence-corrected chi connectivity index (χ1v) is 10.9. The molecule has 1 aliphatic heterocycles. The van der Waals surface area contributed by atoms with Crippen LogP contribution < -0.4 is 16.0 Å². The van der Waals surface area contributed by atoms with Crippen LogP contribution >= 0.6 is 12.5 Å². The van der Waals surface area contributed by atoms with Crippen molar-refractivity contribution in [3.63, 3.8) is 0 Å². The molecule has 12 heteroatoms. The Bertz CT molecular complexity index is 854. The van der Waals surface area contributed by atoms with Gasteiger partial charge in [-0.3, -0.25) is 29.3 Å². The Hall–Kier alpha value is -3.02. The molecule has 1 heterocycles. The number of amides is 4. The molecule has 1 saturated heterocycles. The third-order valence-electron chi connectivity index (χ3n) is 5.08. The summed E-state index contributed by atoms with van der Waals surface area (Å²) in [5.41, 5.74) is 2.33. The van der Waals surface area contributed by atoms with Crippen LogP contribution in [0.2, 0.25) is 0 Å². The maximum atomic E-state index is 12.1. The Labute approximate surface area is 199 Å². The summed E-state index contributed by atoms with van der Waals surface area (Å²) in [6.45, 7) is 2.43. The number of carboxylic acid groups (broad SMARTS) is 1. The Balaban J connectivity index is 0.00000265. The molecule has 33 heavy (non-hydrogen) atoms. The number of anilines is 1. The molecule has 1 aromatic rings. The monoisotopic (exact) mass is 476 g/mol. The van der Waals surface area contributed by atoms with Crippen LogP contribution in [0.4, 0.5) is 5.69 Å². The molecule has 4 amide bonds. The summed E-state index contributed by atoms with van der Waals surface area (Å²) in [5, 5.41) is 16.7. The molecular formula is C21H29BN4O6S. The van der Waals surface area contributed by atoms with Crippen LogP contribution in [0.25, 0.3) is 0 Å². The summed E-state index contributed by atoms with van der Waals surface area (Å²) in [4.78, 5) is 59.1. The van der Waals surface area contributed by atoms with E-state index >= 15 is 0 Å². The quantitative estimate of drug-likeness (QED) is 0.0974. The van der Waals surface area contributed by atoms with Crippen LogP contribution in [-0.4, -0.2) is 66.4 Å². The van der Waals surface area contributed by atoms with Crippen LogP contribution in [0.1, 0.15) is 43.2 Å². The molecule has 1 aliphatic rings. The third kappa shape index (κ3) is 9.56. The molecule has 0 aromatic heterocycles. The topological polar surface area (TPSA) is 145 Å². The molecular weight excluding hydrogens is 447 g/mol. The summed E-state index contributed by atoms with van der Waals surface area (Å²) >= 11 is 3.03. The van der Waals surface area contributed by atoms with Crippen LogP contribution in [-0.2, 0) is 30.5 Å². The van der Waals surface area contributed by atoms with E-state index in [0.29, 0.717) is 31.5 Å². The largest absolute Gasteiger partial charge is 0.481 e. The average Bonchev–Trinajstić information content (AvgIpc) is 2.78. The van der Waals surface area contributed by atoms with Gasteiger partial charge in [-0.05, 0) is 43.4 Å². The minimum Gasteiger partial charge on any atom is -0.481 e. The van der Waals surface area contributed by atoms with Crippen molar-refractivity contribution in [3.05, 3.63) is 29.3 Å². The van der Waals surface area contributed by atoms with Crippen molar-refractivity contribution in [1.29, 1.82) is 0 Å². The maximum Gasteiger partial charge on any atom is 0.303 e. The van der Waals surface area contributed by atoms with Crippen LogP contribution in [0.3, 0.4) is 0 Å². The lowest BCUT2D eigenvalue weighted by Gasteiger charge is -2.31. The number of piperidine rings is 1. The number of aryl methyl sites for hydroxylation is 1. The zero-order valence-electron chi connectivity index (χ0n) is 18.5. The van der Waals surface area contributed by atoms with Crippen molar-refractivity contribution in [2.24, 2.45) is 0 Å². The Morgan fingerprint density at radius 1 is 1.30 bits per heavy atom. The van der Waals surface area contributed by atoms with E-state index in [0.717, 1.165) is 11.1 Å². The lowest BCUT2D eigenvalue weighted by atomic mass is 10.0. The van der Waals surface area contributed by atoms with Gasteiger partial charge in [0.05, 0.1) is 6.54 Å². The van der Waals surface area contributed by atoms with Gasteiger partial charge in [0.25, 0.3) is 0 Å². The molecule has 0 aliphatic carbocycles. The lowest BCUT2D eigenvalue weighted by Crippen LogP contribution is -2.51. The van der Waals surface area contributed by atoms with E-state index in [-0.39, 0.29) is 44.2 Å². The molecule has 4 N–H and O–H groups in total. The molecule has 1 atom stereocenters. The second kappa shape index (κ2) is 14.9. The zero-order chi connectivity index (χ0) is 24.8. The number of carboxylic acids is 1. The molecule has 1 aromatic carbocycles. The summed E-state index contributed by atoms with van der Waals surface area (Å²) < 4.78 is 0. The number of nitrogens with zero attached hydrogens (tertiary/aromatic N) is 1. The van der Waals surface area contributed by atoms with Crippen molar-refractivity contribution in [2.45, 2.75) is 51.6 Å². The SMILES string of the molecule is Cc1cccc(NCC(=O)NCCCCC(=O)O)c1CN(C=O)C1CCC(=O)NC1=O.[B]S. The van der Waals surface area contributed by atoms with Gasteiger partial charge in [0, 0.05) is 31.6 Å². The lowest BCUT2D eigenvalue weighted by molar-refractivity contribution is -0.141. The molecule has 1 fully saturated rings. The van der Waals surface area contributed by atoms with E-state index in [1.54, 1.807) is 6.07 Å². The van der Waals surface area contributed by atoms with Gasteiger partial charge >= 0.3 is 5.97 Å². The molecule has 2 rings (SSSR count). The van der Waals surface area contributed by atoms with Crippen LogP contribution in [0.5, 0.6) is 0 Å². The highest BCUT2D eigenvalue weighted by Gasteiger charge is 2.31. The molecule has 10 nitrogen and oxygen atoms in total. The molecule has 2 radical (unpaired) electrons. The molecule has 0 saturated carbocycles. The number of aliphatic carboxylic acids is 1. The van der Waals surface area contributed by atoms with Crippen LogP contribution in [0.15, 0.2) is 18.2 Å². The Morgan fingerprint density at radius 3 is 2.67 bits per heavy atom. The number of unbranched alkanes of at least 4 members (excludes halogenated alkanes) is 1. The van der Waals surface area contributed by atoms with Crippen molar-refractivity contribution in [3.8, 4) is 0 Å². The van der Waals surface area contributed by atoms with Gasteiger partial charge in [-0.1, -0.05) is 12.1 Å². The molecule has 0 spiro atoms. The second-order valence-electron chi connectivity index (χ2n) is 7.40. The number of hydrogen-bond acceptors (Lipinski definition) is 7. The minimum absolute atomic E-state index is 0.00882. The second-order valence-corrected chi connectivity index (χ2v) is 7.40. The molecule has 178 valence electrons. The van der Waals surface area contributed by atoms with E-state index in [4.69, 9.17) is 5.11 Å². The standard InChI is InChI=1S/C21H28N4O6.BHS/c1-14-5-4-6-16(23-11-19(28)22-10-3-2-7-20(29)30)15(14)12-25(13-26)17-8-9-18(27)24-21(17)31;1-2/h4-6,13,17,23H,2-3,7-12H2,1H3,(H,22,28)(H,29,30)(H,24,27,31);2H. The average molecular weight is 476 g/mol. The van der Waals surface area contributed by atoms with E-state index < -0.39 is 17.9 Å². The van der Waals surface area contributed by atoms with E-state index in [1.165, 1.54) is 4.90 Å². The van der Waals surface area contributed by atoms with E-state index in [1.807, 2.05) is 19.1 Å². The highest BCUT2D eigenvalue weighted by atomic mass is 32.1. The van der Waals surface area contributed by atoms with Crippen LogP contribution in [0, 0.1) is 6.92 Å². The van der Waals surface area contributed by atoms with Gasteiger partial charge in [-0.15, -0.1) is 0 Å². The number of nitrogens with one attached hydrogen (secondary N) is 3. The number of imide groups is 1. The highest BCUT2D eigenvalue weighted by molar-refractivity contribution is 8.03. The third-order valence-corrected chi connectivity index (χ3v) is 5.08. The normalized spacial score (nSPS) is 14.9. The maximum absolute atomic E-state index is 12.1. The number of rotatable bonds is 12. The number of hydrogen-bond donors (Lipinski definition) is 5. The van der Waals surface area contributed by atoms with Crippen molar-refractivity contribution < 1.29 is 29.1 Å². The Kier molecular flexibility index (Phi) is 12.7. The number of thiol groups is 1. The zero-order valence-corrected chi connectivity index (χ0v) is 19.4. The Morgan fingerprint density at radius 2 is 2.03 bits per heavy atom. The smallest absolute Gasteiger partial charge is 0.303 e. The van der Waals surface area contributed by atoms with Gasteiger partial charge < -0.3 is 20.6 Å². The molecule has 0 bridgehead atoms. The first kappa shape index (κ1) is 28.0. The fourth-order valence-corrected chi connectivity index (χ4v) is 3.35. The van der Waals surface area contributed by atoms with Gasteiger partial charge in [-0.25, -0.2) is 12.5 Å².